The molecule has 2 amide bonds. The maximum absolute atomic E-state index is 12.2. The highest BCUT2D eigenvalue weighted by atomic mass is 32.2. The number of nitrogens with zero attached hydrogens (tertiary/aromatic N) is 1. The van der Waals surface area contributed by atoms with Gasteiger partial charge in [0, 0.05) is 6.54 Å². The van der Waals surface area contributed by atoms with Crippen molar-refractivity contribution in [3.8, 4) is 0 Å². The first-order valence-electron chi connectivity index (χ1n) is 9.95. The van der Waals surface area contributed by atoms with Gasteiger partial charge in [-0.3, -0.25) is 9.59 Å². The Morgan fingerprint density at radius 3 is 2.42 bits per heavy atom. The molecule has 0 aliphatic carbocycles. The number of carbonyl (C=O) groups excluding carboxylic acids is 2. The molecule has 1 aliphatic rings. The monoisotopic (exact) mass is 376 g/mol. The maximum atomic E-state index is 12.2. The van der Waals surface area contributed by atoms with Gasteiger partial charge in [-0.15, -0.1) is 11.8 Å². The van der Waals surface area contributed by atoms with Crippen LogP contribution in [0.1, 0.15) is 69.2 Å². The Bertz CT molecular complexity index is 550. The van der Waals surface area contributed by atoms with Gasteiger partial charge in [0.1, 0.15) is 11.9 Å². The van der Waals surface area contributed by atoms with E-state index in [0.717, 1.165) is 18.4 Å². The fourth-order valence-electron chi connectivity index (χ4n) is 3.22. The summed E-state index contributed by atoms with van der Waals surface area (Å²) in [5.41, 5.74) is 1.08. The summed E-state index contributed by atoms with van der Waals surface area (Å²) in [5.74, 6) is 0.445. The molecular weight excluding hydrogens is 344 g/mol. The Morgan fingerprint density at radius 2 is 1.73 bits per heavy atom. The smallest absolute Gasteiger partial charge is 0.239 e. The van der Waals surface area contributed by atoms with E-state index in [0.29, 0.717) is 12.3 Å². The van der Waals surface area contributed by atoms with Crippen LogP contribution in [0.5, 0.6) is 0 Å². The second-order valence-corrected chi connectivity index (χ2v) is 7.99. The van der Waals surface area contributed by atoms with Crippen molar-refractivity contribution in [2.45, 2.75) is 63.7 Å². The Hall–Kier alpha value is -1.49. The second-order valence-electron chi connectivity index (χ2n) is 6.92. The van der Waals surface area contributed by atoms with Gasteiger partial charge >= 0.3 is 0 Å². The molecule has 5 heteroatoms. The summed E-state index contributed by atoms with van der Waals surface area (Å²) in [6, 6.07) is 9.94. The van der Waals surface area contributed by atoms with Crippen LogP contribution in [0.4, 0.5) is 0 Å². The van der Waals surface area contributed by atoms with Crippen molar-refractivity contribution >= 4 is 23.6 Å². The zero-order valence-corrected chi connectivity index (χ0v) is 16.7. The molecule has 1 fully saturated rings. The number of unbranched alkanes of at least 4 members (excludes halogenated alkanes) is 7. The Morgan fingerprint density at radius 1 is 1.08 bits per heavy atom. The predicted molar refractivity (Wildman–Crippen MR) is 109 cm³/mol. The van der Waals surface area contributed by atoms with E-state index in [9.17, 15) is 9.59 Å². The number of nitrogens with one attached hydrogen (secondary N) is 1. The van der Waals surface area contributed by atoms with Crippen LogP contribution in [-0.2, 0) is 9.59 Å². The van der Waals surface area contributed by atoms with Gasteiger partial charge in [0.15, 0.2) is 0 Å². The van der Waals surface area contributed by atoms with Crippen LogP contribution < -0.4 is 5.32 Å². The molecule has 0 saturated carbocycles. The molecule has 0 spiro atoms. The molecule has 1 saturated heterocycles. The molecule has 1 aromatic carbocycles. The summed E-state index contributed by atoms with van der Waals surface area (Å²) in [6.07, 6.45) is 10.0. The fourth-order valence-corrected chi connectivity index (χ4v) is 4.40. The van der Waals surface area contributed by atoms with Gasteiger partial charge in [0.25, 0.3) is 0 Å². The van der Waals surface area contributed by atoms with Gasteiger partial charge in [-0.05, 0) is 12.0 Å². The lowest BCUT2D eigenvalue weighted by Gasteiger charge is -2.23. The highest BCUT2D eigenvalue weighted by Gasteiger charge is 2.33. The van der Waals surface area contributed by atoms with Gasteiger partial charge in [-0.25, -0.2) is 0 Å². The molecule has 0 bridgehead atoms. The van der Waals surface area contributed by atoms with Gasteiger partial charge in [-0.1, -0.05) is 82.2 Å². The fraction of sp³-hybridized carbons (Fsp3) is 0.619. The number of carbonyl (C=O) groups is 2. The summed E-state index contributed by atoms with van der Waals surface area (Å²) in [6.45, 7) is 3.10. The number of hydrogen-bond donors (Lipinski definition) is 1. The molecule has 1 aromatic rings. The van der Waals surface area contributed by atoms with Crippen molar-refractivity contribution in [2.24, 2.45) is 0 Å². The largest absolute Gasteiger partial charge is 0.355 e. The van der Waals surface area contributed by atoms with Crippen LogP contribution in [0.15, 0.2) is 30.3 Å². The van der Waals surface area contributed by atoms with E-state index < -0.39 is 0 Å². The van der Waals surface area contributed by atoms with Gasteiger partial charge in [0.2, 0.25) is 11.8 Å². The summed E-state index contributed by atoms with van der Waals surface area (Å²) in [7, 11) is 0. The molecule has 1 atom stereocenters. The maximum Gasteiger partial charge on any atom is 0.239 e. The third-order valence-electron chi connectivity index (χ3n) is 4.72. The molecule has 0 aromatic heterocycles. The summed E-state index contributed by atoms with van der Waals surface area (Å²) >= 11 is 1.59. The molecule has 1 aliphatic heterocycles. The van der Waals surface area contributed by atoms with Crippen molar-refractivity contribution in [3.63, 3.8) is 0 Å². The van der Waals surface area contributed by atoms with Crippen LogP contribution in [-0.4, -0.2) is 35.6 Å². The average molecular weight is 377 g/mol. The van der Waals surface area contributed by atoms with Crippen LogP contribution in [0.25, 0.3) is 0 Å². The minimum Gasteiger partial charge on any atom is -0.355 e. The van der Waals surface area contributed by atoms with Crippen molar-refractivity contribution < 1.29 is 9.59 Å². The van der Waals surface area contributed by atoms with Crippen LogP contribution in [0.2, 0.25) is 0 Å². The van der Waals surface area contributed by atoms with E-state index in [1.54, 1.807) is 16.7 Å². The first-order valence-corrected chi connectivity index (χ1v) is 11.0. The van der Waals surface area contributed by atoms with Gasteiger partial charge < -0.3 is 10.2 Å². The lowest BCUT2D eigenvalue weighted by Crippen LogP contribution is -2.39. The van der Waals surface area contributed by atoms with E-state index in [4.69, 9.17) is 0 Å². The number of rotatable bonds is 12. The second kappa shape index (κ2) is 12.0. The molecule has 1 heterocycles. The lowest BCUT2D eigenvalue weighted by molar-refractivity contribution is -0.133. The van der Waals surface area contributed by atoms with E-state index in [1.807, 2.05) is 30.3 Å². The minimum atomic E-state index is -0.0512. The van der Waals surface area contributed by atoms with Crippen molar-refractivity contribution in [1.82, 2.24) is 10.2 Å². The van der Waals surface area contributed by atoms with E-state index in [1.165, 1.54) is 38.5 Å². The molecule has 4 nitrogen and oxygen atoms in total. The van der Waals surface area contributed by atoms with Crippen molar-refractivity contribution in [1.29, 1.82) is 0 Å². The predicted octanol–water partition coefficient (Wildman–Crippen LogP) is 4.52. The Balaban J connectivity index is 1.63. The standard InChI is InChI=1S/C21H32N2O2S/c1-2-3-4-5-6-7-8-12-15-22-19(24)16-23-20(25)17-26-21(23)18-13-10-9-11-14-18/h9-11,13-14,21H,2-8,12,15-17H2,1H3,(H,22,24). The third-order valence-corrected chi connectivity index (χ3v) is 5.98. The number of benzene rings is 1. The number of amides is 2. The first kappa shape index (κ1) is 20.8. The topological polar surface area (TPSA) is 49.4 Å². The molecule has 0 radical (unpaired) electrons. The summed E-state index contributed by atoms with van der Waals surface area (Å²) in [5, 5.41) is 2.93. The molecule has 1 unspecified atom stereocenters. The molecular formula is C21H32N2O2S. The quantitative estimate of drug-likeness (QED) is 0.546. The highest BCUT2D eigenvalue weighted by molar-refractivity contribution is 8.00. The van der Waals surface area contributed by atoms with E-state index >= 15 is 0 Å². The third kappa shape index (κ3) is 7.02. The molecule has 144 valence electrons. The first-order chi connectivity index (χ1) is 12.7. The molecule has 26 heavy (non-hydrogen) atoms. The van der Waals surface area contributed by atoms with Gasteiger partial charge in [-0.2, -0.15) is 0 Å². The van der Waals surface area contributed by atoms with Crippen molar-refractivity contribution in [2.75, 3.05) is 18.8 Å². The van der Waals surface area contributed by atoms with E-state index in [2.05, 4.69) is 12.2 Å². The summed E-state index contributed by atoms with van der Waals surface area (Å²) < 4.78 is 0. The molecule has 1 N–H and O–H groups in total. The van der Waals surface area contributed by atoms with Crippen molar-refractivity contribution in [3.05, 3.63) is 35.9 Å². The van der Waals surface area contributed by atoms with E-state index in [-0.39, 0.29) is 23.7 Å². The zero-order chi connectivity index (χ0) is 18.6. The van der Waals surface area contributed by atoms with Crippen LogP contribution in [0.3, 0.4) is 0 Å². The Labute approximate surface area is 162 Å². The molecule has 2 rings (SSSR count). The lowest BCUT2D eigenvalue weighted by atomic mass is 10.1. The minimum absolute atomic E-state index is 0.0439. The summed E-state index contributed by atoms with van der Waals surface area (Å²) in [4.78, 5) is 26.1. The zero-order valence-electron chi connectivity index (χ0n) is 15.9. The normalized spacial score (nSPS) is 16.9. The number of hydrogen-bond acceptors (Lipinski definition) is 3. The SMILES string of the molecule is CCCCCCCCCCNC(=O)CN1C(=O)CSC1c1ccccc1. The number of thioether (sulfide) groups is 1. The van der Waals surface area contributed by atoms with Gasteiger partial charge in [0.05, 0.1) is 5.75 Å². The van der Waals surface area contributed by atoms with Crippen LogP contribution in [0, 0.1) is 0 Å². The Kier molecular flexibility index (Phi) is 9.61. The van der Waals surface area contributed by atoms with Crippen LogP contribution >= 0.6 is 11.8 Å². The average Bonchev–Trinajstić information content (AvgIpc) is 3.01. The highest BCUT2D eigenvalue weighted by Crippen LogP contribution is 2.38.